The summed E-state index contributed by atoms with van der Waals surface area (Å²) in [5, 5.41) is 6.13. The van der Waals surface area contributed by atoms with Gasteiger partial charge in [0, 0.05) is 55.5 Å². The molecule has 4 aromatic rings. The molecule has 1 aromatic heterocycles. The van der Waals surface area contributed by atoms with Gasteiger partial charge in [-0.1, -0.05) is 13.0 Å². The van der Waals surface area contributed by atoms with Crippen molar-refractivity contribution in [1.82, 2.24) is 20.1 Å². The minimum absolute atomic E-state index is 0.00642. The first-order chi connectivity index (χ1) is 31.5. The summed E-state index contributed by atoms with van der Waals surface area (Å²) in [6, 6.07) is 17.8. The van der Waals surface area contributed by atoms with E-state index in [1.165, 1.54) is 12.1 Å². The second-order valence-electron chi connectivity index (χ2n) is 17.1. The highest BCUT2D eigenvalue weighted by Gasteiger charge is 2.46. The van der Waals surface area contributed by atoms with Gasteiger partial charge in [0.1, 0.15) is 36.1 Å². The molecule has 2 N–H and O–H groups in total. The van der Waals surface area contributed by atoms with Crippen molar-refractivity contribution in [2.75, 3.05) is 51.4 Å². The largest absolute Gasteiger partial charge is 0.490 e. The molecule has 3 fully saturated rings. The monoisotopic (exact) mass is 891 g/mol. The minimum Gasteiger partial charge on any atom is -0.490 e. The van der Waals surface area contributed by atoms with Crippen LogP contribution in [0, 0.1) is 17.7 Å². The maximum absolute atomic E-state index is 14.0. The number of ether oxygens (including phenoxy) is 4. The van der Waals surface area contributed by atoms with Crippen LogP contribution in [0.2, 0.25) is 0 Å². The summed E-state index contributed by atoms with van der Waals surface area (Å²) in [6.45, 7) is 4.22. The molecule has 2 atom stereocenters. The van der Waals surface area contributed by atoms with Gasteiger partial charge in [-0.25, -0.2) is 4.39 Å². The van der Waals surface area contributed by atoms with Crippen LogP contribution in [-0.2, 0) is 28.7 Å². The number of rotatable bonds is 17. The van der Waals surface area contributed by atoms with E-state index in [1.54, 1.807) is 30.5 Å². The van der Waals surface area contributed by atoms with Crippen molar-refractivity contribution < 1.29 is 52.1 Å². The number of anilines is 1. The highest BCUT2D eigenvalue weighted by molar-refractivity contribution is 6.24. The van der Waals surface area contributed by atoms with Gasteiger partial charge in [-0.05, 0) is 110 Å². The van der Waals surface area contributed by atoms with Gasteiger partial charge in [0.25, 0.3) is 11.8 Å². The van der Waals surface area contributed by atoms with Gasteiger partial charge >= 0.3 is 0 Å². The third kappa shape index (κ3) is 10.7. The standard InChI is InChI=1S/C49H54FN5O10/c1-30(31-5-7-32(8-6-31)37-17-21-51-40-14-9-33(50)29-39(37)40)46(58)52-34-10-12-35(13-11-34)65-36-18-22-54(23-19-36)44(57)20-24-62-25-26-63-27-28-64-42-4-2-3-38-45(42)49(61)55(48(38)60)41-15-16-43(56)53-47(41)59/h2-4,9-14,17,21,29-32,36,41H,5-8,15-16,18-20,22-28H2,1H3,(H,52,58)(H,53,56,59)/t30-,31?,32?,41?/m1/s1. The topological polar surface area (TPSA) is 183 Å². The number of imide groups is 2. The average molecular weight is 892 g/mol. The molecule has 0 radical (unpaired) electrons. The van der Waals surface area contributed by atoms with Crippen molar-refractivity contribution in [3.63, 3.8) is 0 Å². The van der Waals surface area contributed by atoms with Crippen LogP contribution in [-0.4, -0.2) is 108 Å². The van der Waals surface area contributed by atoms with Crippen molar-refractivity contribution in [2.24, 2.45) is 11.8 Å². The van der Waals surface area contributed by atoms with Crippen LogP contribution in [0.15, 0.2) is 72.9 Å². The molecule has 16 heteroatoms. The fourth-order valence-corrected chi connectivity index (χ4v) is 9.38. The van der Waals surface area contributed by atoms with Crippen LogP contribution >= 0.6 is 0 Å². The predicted molar refractivity (Wildman–Crippen MR) is 236 cm³/mol. The Morgan fingerprint density at radius 1 is 0.846 bits per heavy atom. The molecule has 0 bridgehead atoms. The average Bonchev–Trinajstić information content (AvgIpc) is 3.57. The molecule has 4 heterocycles. The lowest BCUT2D eigenvalue weighted by molar-refractivity contribution is -0.136. The highest BCUT2D eigenvalue weighted by atomic mass is 19.1. The molecule has 1 unspecified atom stereocenters. The number of halogens is 1. The zero-order valence-electron chi connectivity index (χ0n) is 36.4. The lowest BCUT2D eigenvalue weighted by Crippen LogP contribution is -2.54. The van der Waals surface area contributed by atoms with Crippen molar-refractivity contribution in [2.45, 2.75) is 82.8 Å². The first kappa shape index (κ1) is 45.3. The van der Waals surface area contributed by atoms with E-state index in [-0.39, 0.29) is 105 Å². The molecular formula is C49H54FN5O10. The molecule has 4 aliphatic rings. The Balaban J connectivity index is 0.673. The Morgan fingerprint density at radius 3 is 2.34 bits per heavy atom. The number of hydrogen-bond donors (Lipinski definition) is 2. The van der Waals surface area contributed by atoms with Crippen LogP contribution in [0.4, 0.5) is 10.1 Å². The number of pyridine rings is 1. The van der Waals surface area contributed by atoms with Crippen LogP contribution in [0.1, 0.15) is 96.9 Å². The van der Waals surface area contributed by atoms with Gasteiger partial charge < -0.3 is 29.2 Å². The summed E-state index contributed by atoms with van der Waals surface area (Å²) in [6.07, 6.45) is 7.24. The molecule has 3 aromatic carbocycles. The van der Waals surface area contributed by atoms with E-state index in [1.807, 2.05) is 42.2 Å². The Morgan fingerprint density at radius 2 is 1.58 bits per heavy atom. The van der Waals surface area contributed by atoms with Crippen LogP contribution in [0.5, 0.6) is 11.5 Å². The third-order valence-electron chi connectivity index (χ3n) is 13.0. The Hall–Kier alpha value is -6.26. The van der Waals surface area contributed by atoms with Gasteiger partial charge in [0.15, 0.2) is 0 Å². The van der Waals surface area contributed by atoms with Gasteiger partial charge in [-0.2, -0.15) is 0 Å². The lowest BCUT2D eigenvalue weighted by atomic mass is 9.73. The molecule has 3 aliphatic heterocycles. The maximum atomic E-state index is 14.0. The van der Waals surface area contributed by atoms with Gasteiger partial charge in [0.2, 0.25) is 23.6 Å². The Kier molecular flexibility index (Phi) is 14.4. The number of hydrogen-bond acceptors (Lipinski definition) is 11. The van der Waals surface area contributed by atoms with E-state index in [0.29, 0.717) is 43.3 Å². The Bertz CT molecular complexity index is 2410. The number of benzene rings is 3. The van der Waals surface area contributed by atoms with E-state index in [9.17, 15) is 33.2 Å². The summed E-state index contributed by atoms with van der Waals surface area (Å²) in [7, 11) is 0. The summed E-state index contributed by atoms with van der Waals surface area (Å²) in [5.41, 5.74) is 2.87. The second kappa shape index (κ2) is 20.7. The van der Waals surface area contributed by atoms with E-state index in [2.05, 4.69) is 15.6 Å². The highest BCUT2D eigenvalue weighted by Crippen LogP contribution is 2.41. The molecule has 65 heavy (non-hydrogen) atoms. The summed E-state index contributed by atoms with van der Waals surface area (Å²) < 4.78 is 37.3. The third-order valence-corrected chi connectivity index (χ3v) is 13.0. The van der Waals surface area contributed by atoms with E-state index in [0.717, 1.165) is 47.0 Å². The normalized spacial score (nSPS) is 20.7. The first-order valence-electron chi connectivity index (χ1n) is 22.6. The molecule has 1 aliphatic carbocycles. The number of carbonyl (C=O) groups excluding carboxylic acids is 6. The fraction of sp³-hybridized carbons (Fsp3) is 0.449. The minimum atomic E-state index is -1.06. The maximum Gasteiger partial charge on any atom is 0.266 e. The first-order valence-corrected chi connectivity index (χ1v) is 22.6. The van der Waals surface area contributed by atoms with E-state index < -0.39 is 29.7 Å². The molecule has 0 spiro atoms. The number of likely N-dealkylation sites (tertiary alicyclic amines) is 1. The van der Waals surface area contributed by atoms with E-state index >= 15 is 0 Å². The van der Waals surface area contributed by atoms with Crippen LogP contribution in [0.3, 0.4) is 0 Å². The van der Waals surface area contributed by atoms with Gasteiger partial charge in [0.05, 0.1) is 49.5 Å². The molecule has 8 rings (SSSR count). The molecule has 6 amide bonds. The molecule has 342 valence electrons. The summed E-state index contributed by atoms with van der Waals surface area (Å²) >= 11 is 0. The number of nitrogens with one attached hydrogen (secondary N) is 2. The SMILES string of the molecule is C[C@@H](C(=O)Nc1ccc(OC2CCN(C(=O)CCOCCOCCOc3cccc4c3C(=O)N(C3CCC(=O)NC3=O)C4=O)CC2)cc1)C1CCC(c2ccnc3ccc(F)cc23)CC1. The zero-order valence-corrected chi connectivity index (χ0v) is 36.4. The summed E-state index contributed by atoms with van der Waals surface area (Å²) in [4.78, 5) is 83.4. The number of amides is 6. The van der Waals surface area contributed by atoms with Gasteiger partial charge in [-0.15, -0.1) is 0 Å². The predicted octanol–water partition coefficient (Wildman–Crippen LogP) is 6.20. The number of piperidine rings is 2. The smallest absolute Gasteiger partial charge is 0.266 e. The summed E-state index contributed by atoms with van der Waals surface area (Å²) in [5.74, 6) is -1.27. The van der Waals surface area contributed by atoms with Crippen molar-refractivity contribution in [3.8, 4) is 11.5 Å². The number of aromatic nitrogens is 1. The number of nitrogens with zero attached hydrogens (tertiary/aromatic N) is 3. The second-order valence-corrected chi connectivity index (χ2v) is 17.1. The molecule has 15 nitrogen and oxygen atoms in total. The Labute approximate surface area is 376 Å². The van der Waals surface area contributed by atoms with Crippen molar-refractivity contribution >= 4 is 52.0 Å². The molecular weight excluding hydrogens is 838 g/mol. The quantitative estimate of drug-likeness (QED) is 0.0911. The van der Waals surface area contributed by atoms with Crippen LogP contribution in [0.25, 0.3) is 10.9 Å². The number of fused-ring (bicyclic) bond motifs is 2. The van der Waals surface area contributed by atoms with Crippen molar-refractivity contribution in [3.05, 3.63) is 95.4 Å². The fourth-order valence-electron chi connectivity index (χ4n) is 9.38. The zero-order chi connectivity index (χ0) is 45.5. The lowest BCUT2D eigenvalue weighted by Gasteiger charge is -2.32. The van der Waals surface area contributed by atoms with E-state index in [4.69, 9.17) is 18.9 Å². The van der Waals surface area contributed by atoms with Crippen molar-refractivity contribution in [1.29, 1.82) is 0 Å². The molecule has 1 saturated carbocycles. The number of carbonyl (C=O) groups is 6. The van der Waals surface area contributed by atoms with Crippen LogP contribution < -0.4 is 20.1 Å². The van der Waals surface area contributed by atoms with Gasteiger partial charge in [-0.3, -0.25) is 44.0 Å². The molecule has 2 saturated heterocycles.